The zero-order valence-electron chi connectivity index (χ0n) is 13.5. The first-order chi connectivity index (χ1) is 11.7. The monoisotopic (exact) mass is 344 g/mol. The summed E-state index contributed by atoms with van der Waals surface area (Å²) in [6.45, 7) is 0.702. The molecular formula is C18H21ClN4O. The summed E-state index contributed by atoms with van der Waals surface area (Å²) < 4.78 is 0. The van der Waals surface area contributed by atoms with Crippen LogP contribution in [0.2, 0.25) is 5.02 Å². The number of hydrogen-bond donors (Lipinski definition) is 2. The third-order valence-corrected chi connectivity index (χ3v) is 4.43. The number of hydrogen-bond acceptors (Lipinski definition) is 4. The predicted octanol–water partition coefficient (Wildman–Crippen LogP) is 3.46. The van der Waals surface area contributed by atoms with Gasteiger partial charge >= 0.3 is 0 Å². The van der Waals surface area contributed by atoms with Crippen molar-refractivity contribution in [1.82, 2.24) is 15.3 Å². The predicted molar refractivity (Wildman–Crippen MR) is 95.4 cm³/mol. The molecule has 3 rings (SSSR count). The maximum absolute atomic E-state index is 12.1. The number of carbonyl (C=O) groups excluding carboxylic acids is 1. The van der Waals surface area contributed by atoms with Crippen LogP contribution in [0.15, 0.2) is 36.7 Å². The Hall–Kier alpha value is -2.14. The van der Waals surface area contributed by atoms with E-state index >= 15 is 0 Å². The third kappa shape index (κ3) is 4.68. The molecule has 1 aromatic carbocycles. The van der Waals surface area contributed by atoms with E-state index in [9.17, 15) is 4.79 Å². The van der Waals surface area contributed by atoms with Crippen molar-refractivity contribution in [1.29, 1.82) is 0 Å². The second kappa shape index (κ2) is 8.11. The number of rotatable bonds is 6. The number of nitrogens with zero attached hydrogens (tertiary/aromatic N) is 2. The molecule has 0 spiro atoms. The van der Waals surface area contributed by atoms with Crippen molar-refractivity contribution in [3.63, 3.8) is 0 Å². The molecule has 6 heteroatoms. The topological polar surface area (TPSA) is 66.9 Å². The Morgan fingerprint density at radius 1 is 1.21 bits per heavy atom. The van der Waals surface area contributed by atoms with E-state index in [-0.39, 0.29) is 5.91 Å². The Balaban J connectivity index is 1.48. The molecule has 0 unspecified atom stereocenters. The standard InChI is InChI=1S/C18H21ClN4O/c19-15-5-3-4-13(10-15)8-9-20-18-21-11-14(12-22-18)17(24)23-16-6-1-2-7-16/h3-5,10-12,16H,1-2,6-9H2,(H,23,24)(H,20,21,22). The van der Waals surface area contributed by atoms with Crippen LogP contribution in [0.25, 0.3) is 0 Å². The highest BCUT2D eigenvalue weighted by molar-refractivity contribution is 6.30. The summed E-state index contributed by atoms with van der Waals surface area (Å²) in [5.74, 6) is 0.432. The Morgan fingerprint density at radius 2 is 1.96 bits per heavy atom. The van der Waals surface area contributed by atoms with Crippen LogP contribution in [-0.4, -0.2) is 28.5 Å². The average Bonchev–Trinajstić information content (AvgIpc) is 3.08. The summed E-state index contributed by atoms with van der Waals surface area (Å²) in [4.78, 5) is 20.5. The molecule has 0 saturated heterocycles. The summed E-state index contributed by atoms with van der Waals surface area (Å²) in [7, 11) is 0. The van der Waals surface area contributed by atoms with Gasteiger partial charge in [-0.2, -0.15) is 0 Å². The number of benzene rings is 1. The molecule has 2 aromatic rings. The molecule has 126 valence electrons. The molecule has 2 N–H and O–H groups in total. The van der Waals surface area contributed by atoms with Gasteiger partial charge in [-0.25, -0.2) is 9.97 Å². The van der Waals surface area contributed by atoms with Gasteiger partial charge in [0.25, 0.3) is 5.91 Å². The van der Waals surface area contributed by atoms with Gasteiger partial charge in [-0.1, -0.05) is 36.6 Å². The van der Waals surface area contributed by atoms with Gasteiger partial charge in [0.2, 0.25) is 5.95 Å². The van der Waals surface area contributed by atoms with Crippen LogP contribution in [-0.2, 0) is 6.42 Å². The lowest BCUT2D eigenvalue weighted by Crippen LogP contribution is -2.32. The molecule has 1 aromatic heterocycles. The van der Waals surface area contributed by atoms with E-state index in [2.05, 4.69) is 20.6 Å². The molecule has 1 saturated carbocycles. The smallest absolute Gasteiger partial charge is 0.254 e. The number of nitrogens with one attached hydrogen (secondary N) is 2. The summed E-state index contributed by atoms with van der Waals surface area (Å²) in [5.41, 5.74) is 1.66. The molecule has 24 heavy (non-hydrogen) atoms. The lowest BCUT2D eigenvalue weighted by Gasteiger charge is -2.11. The largest absolute Gasteiger partial charge is 0.354 e. The highest BCUT2D eigenvalue weighted by atomic mass is 35.5. The summed E-state index contributed by atoms with van der Waals surface area (Å²) in [6, 6.07) is 8.07. The molecule has 1 aliphatic rings. The van der Waals surface area contributed by atoms with Gasteiger partial charge in [-0.15, -0.1) is 0 Å². The molecule has 1 heterocycles. The molecule has 5 nitrogen and oxygen atoms in total. The minimum atomic E-state index is -0.0904. The first-order valence-corrected chi connectivity index (χ1v) is 8.70. The number of aromatic nitrogens is 2. The van der Waals surface area contributed by atoms with Crippen molar-refractivity contribution in [2.45, 2.75) is 38.1 Å². The molecule has 1 aliphatic carbocycles. The van der Waals surface area contributed by atoms with Crippen LogP contribution < -0.4 is 10.6 Å². The van der Waals surface area contributed by atoms with Crippen LogP contribution in [0.4, 0.5) is 5.95 Å². The first-order valence-electron chi connectivity index (χ1n) is 8.32. The van der Waals surface area contributed by atoms with Gasteiger partial charge < -0.3 is 10.6 Å². The van der Waals surface area contributed by atoms with Crippen LogP contribution >= 0.6 is 11.6 Å². The fourth-order valence-corrected chi connectivity index (χ4v) is 3.10. The van der Waals surface area contributed by atoms with Gasteiger partial charge in [0.1, 0.15) is 0 Å². The highest BCUT2D eigenvalue weighted by Gasteiger charge is 2.18. The van der Waals surface area contributed by atoms with Gasteiger partial charge in [0.05, 0.1) is 5.56 Å². The van der Waals surface area contributed by atoms with E-state index in [1.54, 1.807) is 12.4 Å². The van der Waals surface area contributed by atoms with Crippen molar-refractivity contribution in [2.75, 3.05) is 11.9 Å². The summed E-state index contributed by atoms with van der Waals surface area (Å²) in [6.07, 6.45) is 8.48. The van der Waals surface area contributed by atoms with E-state index in [0.29, 0.717) is 24.1 Å². The maximum Gasteiger partial charge on any atom is 0.254 e. The number of amides is 1. The van der Waals surface area contributed by atoms with Gasteiger partial charge in [0.15, 0.2) is 0 Å². The normalized spacial score (nSPS) is 14.5. The quantitative estimate of drug-likeness (QED) is 0.842. The number of anilines is 1. The maximum atomic E-state index is 12.1. The van der Waals surface area contributed by atoms with Crippen LogP contribution in [0, 0.1) is 0 Å². The zero-order valence-corrected chi connectivity index (χ0v) is 14.2. The van der Waals surface area contributed by atoms with Crippen LogP contribution in [0.3, 0.4) is 0 Å². The minimum Gasteiger partial charge on any atom is -0.354 e. The molecule has 1 amide bonds. The lowest BCUT2D eigenvalue weighted by molar-refractivity contribution is 0.0937. The summed E-state index contributed by atoms with van der Waals surface area (Å²) >= 11 is 5.97. The molecule has 1 fully saturated rings. The Morgan fingerprint density at radius 3 is 2.67 bits per heavy atom. The Labute approximate surface area is 146 Å². The SMILES string of the molecule is O=C(NC1CCCC1)c1cnc(NCCc2cccc(Cl)c2)nc1. The van der Waals surface area contributed by atoms with E-state index in [1.807, 2.05) is 24.3 Å². The van der Waals surface area contributed by atoms with Crippen LogP contribution in [0.5, 0.6) is 0 Å². The van der Waals surface area contributed by atoms with Gasteiger partial charge in [0, 0.05) is 30.0 Å². The average molecular weight is 345 g/mol. The molecule has 0 radical (unpaired) electrons. The van der Waals surface area contributed by atoms with Crippen molar-refractivity contribution >= 4 is 23.5 Å². The van der Waals surface area contributed by atoms with Gasteiger partial charge in [-0.3, -0.25) is 4.79 Å². The van der Waals surface area contributed by atoms with E-state index < -0.39 is 0 Å². The zero-order chi connectivity index (χ0) is 16.8. The lowest BCUT2D eigenvalue weighted by atomic mass is 10.1. The molecule has 0 atom stereocenters. The van der Waals surface area contributed by atoms with Gasteiger partial charge in [-0.05, 0) is 37.0 Å². The fraction of sp³-hybridized carbons (Fsp3) is 0.389. The Kier molecular flexibility index (Phi) is 5.64. The minimum absolute atomic E-state index is 0.0904. The molecular weight excluding hydrogens is 324 g/mol. The van der Waals surface area contributed by atoms with E-state index in [0.717, 1.165) is 29.8 Å². The summed E-state index contributed by atoms with van der Waals surface area (Å²) in [5, 5.41) is 6.92. The van der Waals surface area contributed by atoms with E-state index in [4.69, 9.17) is 11.6 Å². The molecule has 0 aliphatic heterocycles. The number of carbonyl (C=O) groups is 1. The Bertz CT molecular complexity index is 684. The van der Waals surface area contributed by atoms with Crippen LogP contribution in [0.1, 0.15) is 41.6 Å². The second-order valence-corrected chi connectivity index (χ2v) is 6.49. The third-order valence-electron chi connectivity index (χ3n) is 4.19. The number of halogens is 1. The van der Waals surface area contributed by atoms with Crippen molar-refractivity contribution in [2.24, 2.45) is 0 Å². The molecule has 0 bridgehead atoms. The second-order valence-electron chi connectivity index (χ2n) is 6.06. The van der Waals surface area contributed by atoms with Crippen molar-refractivity contribution in [3.8, 4) is 0 Å². The van der Waals surface area contributed by atoms with Crippen molar-refractivity contribution in [3.05, 3.63) is 52.8 Å². The highest BCUT2D eigenvalue weighted by Crippen LogP contribution is 2.18. The van der Waals surface area contributed by atoms with Crippen molar-refractivity contribution < 1.29 is 4.79 Å². The first kappa shape index (κ1) is 16.7. The fourth-order valence-electron chi connectivity index (χ4n) is 2.89. The van der Waals surface area contributed by atoms with E-state index in [1.165, 1.54) is 12.8 Å².